The molecule has 1 rings (SSSR count). The first-order valence-corrected chi connectivity index (χ1v) is 7.35. The Morgan fingerprint density at radius 3 is 3.00 bits per heavy atom. The highest BCUT2D eigenvalue weighted by Gasteiger charge is 2.30. The minimum atomic E-state index is -0.146. The molecule has 20 heavy (non-hydrogen) atoms. The minimum absolute atomic E-state index is 0.0559. The number of oxime groups is 1. The first kappa shape index (κ1) is 16.9. The number of hydrogen-bond acceptors (Lipinski definition) is 5. The van der Waals surface area contributed by atoms with Crippen molar-refractivity contribution >= 4 is 11.6 Å². The Morgan fingerprint density at radius 1 is 1.65 bits per heavy atom. The molecule has 1 heterocycles. The van der Waals surface area contributed by atoms with Crippen LogP contribution in [0, 0.1) is 5.92 Å². The van der Waals surface area contributed by atoms with E-state index in [1.807, 2.05) is 6.92 Å². The zero-order valence-electron chi connectivity index (χ0n) is 12.8. The SMILES string of the molecule is CCC1CN(C(C)C(=O)NCCCOC)CCC1=NO. The van der Waals surface area contributed by atoms with Crippen molar-refractivity contribution in [1.82, 2.24) is 10.2 Å². The van der Waals surface area contributed by atoms with Gasteiger partial charge in [0.2, 0.25) is 5.91 Å². The fraction of sp³-hybridized carbons (Fsp3) is 0.857. The monoisotopic (exact) mass is 285 g/mol. The van der Waals surface area contributed by atoms with Gasteiger partial charge < -0.3 is 15.3 Å². The molecule has 0 aromatic carbocycles. The molecule has 2 atom stereocenters. The van der Waals surface area contributed by atoms with Gasteiger partial charge in [0.25, 0.3) is 0 Å². The molecule has 2 N–H and O–H groups in total. The van der Waals surface area contributed by atoms with E-state index in [1.165, 1.54) is 0 Å². The summed E-state index contributed by atoms with van der Waals surface area (Å²) in [5.41, 5.74) is 0.858. The highest BCUT2D eigenvalue weighted by atomic mass is 16.5. The maximum Gasteiger partial charge on any atom is 0.237 e. The molecule has 1 fully saturated rings. The standard InChI is InChI=1S/C14H27N3O3/c1-4-12-10-17(8-6-13(12)16-19)11(2)14(18)15-7-5-9-20-3/h11-12,19H,4-10H2,1-3H3,(H,15,18). The normalized spacial score (nSPS) is 23.8. The third-order valence-electron chi connectivity index (χ3n) is 3.95. The van der Waals surface area contributed by atoms with Gasteiger partial charge in [-0.25, -0.2) is 0 Å². The maximum atomic E-state index is 12.1. The molecule has 1 aliphatic heterocycles. The molecule has 1 aliphatic rings. The summed E-state index contributed by atoms with van der Waals surface area (Å²) in [5.74, 6) is 0.304. The van der Waals surface area contributed by atoms with Crippen molar-refractivity contribution in [3.63, 3.8) is 0 Å². The molecule has 116 valence electrons. The number of nitrogens with zero attached hydrogens (tertiary/aromatic N) is 2. The smallest absolute Gasteiger partial charge is 0.237 e. The van der Waals surface area contributed by atoms with E-state index in [9.17, 15) is 4.79 Å². The van der Waals surface area contributed by atoms with Gasteiger partial charge in [-0.05, 0) is 19.8 Å². The minimum Gasteiger partial charge on any atom is -0.411 e. The van der Waals surface area contributed by atoms with Crippen LogP contribution in [0.4, 0.5) is 0 Å². The number of carbonyl (C=O) groups excluding carboxylic acids is 1. The van der Waals surface area contributed by atoms with Crippen molar-refractivity contribution in [2.45, 2.75) is 39.2 Å². The van der Waals surface area contributed by atoms with Gasteiger partial charge in [-0.1, -0.05) is 12.1 Å². The van der Waals surface area contributed by atoms with Gasteiger partial charge in [-0.3, -0.25) is 9.69 Å². The summed E-state index contributed by atoms with van der Waals surface area (Å²) in [6, 6.07) is -0.146. The second-order valence-corrected chi connectivity index (χ2v) is 5.25. The molecular weight excluding hydrogens is 258 g/mol. The summed E-state index contributed by atoms with van der Waals surface area (Å²) < 4.78 is 4.95. The molecule has 0 radical (unpaired) electrons. The predicted octanol–water partition coefficient (Wildman–Crippen LogP) is 1.09. The van der Waals surface area contributed by atoms with Crippen LogP contribution in [0.1, 0.15) is 33.1 Å². The second kappa shape index (κ2) is 8.92. The Morgan fingerprint density at radius 2 is 2.40 bits per heavy atom. The maximum absolute atomic E-state index is 12.1. The van der Waals surface area contributed by atoms with Crippen molar-refractivity contribution in [2.24, 2.45) is 11.1 Å². The Kier molecular flexibility index (Phi) is 7.54. The van der Waals surface area contributed by atoms with E-state index in [1.54, 1.807) is 7.11 Å². The lowest BCUT2D eigenvalue weighted by Gasteiger charge is -2.36. The van der Waals surface area contributed by atoms with Gasteiger partial charge in [-0.2, -0.15) is 0 Å². The predicted molar refractivity (Wildman–Crippen MR) is 78.2 cm³/mol. The number of carbonyl (C=O) groups is 1. The van der Waals surface area contributed by atoms with Gasteiger partial charge >= 0.3 is 0 Å². The van der Waals surface area contributed by atoms with Crippen LogP contribution in [0.15, 0.2) is 5.16 Å². The van der Waals surface area contributed by atoms with Crippen LogP contribution in [0.25, 0.3) is 0 Å². The number of piperidine rings is 1. The van der Waals surface area contributed by atoms with Crippen LogP contribution in [-0.4, -0.2) is 61.1 Å². The summed E-state index contributed by atoms with van der Waals surface area (Å²) in [4.78, 5) is 14.2. The zero-order chi connectivity index (χ0) is 15.0. The number of methoxy groups -OCH3 is 1. The lowest BCUT2D eigenvalue weighted by molar-refractivity contribution is -0.126. The van der Waals surface area contributed by atoms with E-state index in [4.69, 9.17) is 9.94 Å². The van der Waals surface area contributed by atoms with E-state index in [0.29, 0.717) is 13.2 Å². The average Bonchev–Trinajstić information content (AvgIpc) is 2.49. The van der Waals surface area contributed by atoms with Gasteiger partial charge in [0.1, 0.15) is 0 Å². The van der Waals surface area contributed by atoms with Gasteiger partial charge in [-0.15, -0.1) is 0 Å². The molecule has 6 heteroatoms. The first-order valence-electron chi connectivity index (χ1n) is 7.35. The molecule has 0 saturated carbocycles. The van der Waals surface area contributed by atoms with Crippen molar-refractivity contribution < 1.29 is 14.7 Å². The van der Waals surface area contributed by atoms with Crippen LogP contribution >= 0.6 is 0 Å². The highest BCUT2D eigenvalue weighted by Crippen LogP contribution is 2.19. The van der Waals surface area contributed by atoms with E-state index in [2.05, 4.69) is 22.3 Å². The molecule has 1 saturated heterocycles. The lowest BCUT2D eigenvalue weighted by atomic mass is 9.92. The Balaban J connectivity index is 2.43. The van der Waals surface area contributed by atoms with Crippen LogP contribution in [0.5, 0.6) is 0 Å². The average molecular weight is 285 g/mol. The van der Waals surface area contributed by atoms with E-state index < -0.39 is 0 Å². The molecule has 0 aromatic heterocycles. The summed E-state index contributed by atoms with van der Waals surface area (Å²) in [5, 5.41) is 15.3. The molecule has 0 bridgehead atoms. The highest BCUT2D eigenvalue weighted by molar-refractivity contribution is 5.88. The third-order valence-corrected chi connectivity index (χ3v) is 3.95. The number of amides is 1. The van der Waals surface area contributed by atoms with Crippen LogP contribution in [0.3, 0.4) is 0 Å². The van der Waals surface area contributed by atoms with E-state index >= 15 is 0 Å². The van der Waals surface area contributed by atoms with Gasteiger partial charge in [0.05, 0.1) is 11.8 Å². The van der Waals surface area contributed by atoms with Crippen LogP contribution < -0.4 is 5.32 Å². The first-order chi connectivity index (χ1) is 9.63. The van der Waals surface area contributed by atoms with E-state index in [-0.39, 0.29) is 17.9 Å². The molecule has 0 aliphatic carbocycles. The number of rotatable bonds is 7. The lowest BCUT2D eigenvalue weighted by Crippen LogP contribution is -2.51. The summed E-state index contributed by atoms with van der Waals surface area (Å²) in [6.45, 7) is 6.86. The number of nitrogens with one attached hydrogen (secondary N) is 1. The van der Waals surface area contributed by atoms with Crippen molar-refractivity contribution in [3.05, 3.63) is 0 Å². The van der Waals surface area contributed by atoms with Gasteiger partial charge in [0, 0.05) is 45.7 Å². The topological polar surface area (TPSA) is 74.2 Å². The fourth-order valence-electron chi connectivity index (χ4n) is 2.53. The Labute approximate surface area is 121 Å². The Hall–Kier alpha value is -1.14. The number of likely N-dealkylation sites (tertiary alicyclic amines) is 1. The zero-order valence-corrected chi connectivity index (χ0v) is 12.8. The van der Waals surface area contributed by atoms with E-state index in [0.717, 1.165) is 38.1 Å². The van der Waals surface area contributed by atoms with Crippen molar-refractivity contribution in [2.75, 3.05) is 33.4 Å². The fourth-order valence-corrected chi connectivity index (χ4v) is 2.53. The second-order valence-electron chi connectivity index (χ2n) is 5.25. The number of ether oxygens (including phenoxy) is 1. The molecule has 0 aromatic rings. The van der Waals surface area contributed by atoms with Crippen molar-refractivity contribution in [3.8, 4) is 0 Å². The van der Waals surface area contributed by atoms with Crippen molar-refractivity contribution in [1.29, 1.82) is 0 Å². The third kappa shape index (κ3) is 4.76. The largest absolute Gasteiger partial charge is 0.411 e. The summed E-state index contributed by atoms with van der Waals surface area (Å²) in [6.07, 6.45) is 2.49. The molecule has 6 nitrogen and oxygen atoms in total. The number of hydrogen-bond donors (Lipinski definition) is 2. The van der Waals surface area contributed by atoms with Crippen LogP contribution in [0.2, 0.25) is 0 Å². The molecule has 1 amide bonds. The molecular formula is C14H27N3O3. The van der Waals surface area contributed by atoms with Gasteiger partial charge in [0.15, 0.2) is 0 Å². The Bertz CT molecular complexity index is 334. The summed E-state index contributed by atoms with van der Waals surface area (Å²) in [7, 11) is 1.66. The molecule has 2 unspecified atom stereocenters. The quantitative estimate of drug-likeness (QED) is 0.417. The van der Waals surface area contributed by atoms with Crippen LogP contribution in [-0.2, 0) is 9.53 Å². The molecule has 0 spiro atoms. The summed E-state index contributed by atoms with van der Waals surface area (Å²) >= 11 is 0.